The molecule has 0 aromatic carbocycles. The van der Waals surface area contributed by atoms with Crippen molar-refractivity contribution in [1.82, 2.24) is 19.4 Å². The van der Waals surface area contributed by atoms with Crippen LogP contribution in [0.5, 0.6) is 0 Å². The number of imidazole rings is 1. The maximum Gasteiger partial charge on any atom is 0.108 e. The Morgan fingerprint density at radius 3 is 2.70 bits per heavy atom. The van der Waals surface area contributed by atoms with Crippen molar-refractivity contribution in [3.05, 3.63) is 48.3 Å². The molecule has 1 aliphatic heterocycles. The minimum Gasteiger partial charge on any atom is -0.333 e. The number of nitrogens with zero attached hydrogens (tertiary/aromatic N) is 4. The molecule has 0 aliphatic carbocycles. The first-order valence-electron chi connectivity index (χ1n) is 7.42. The fourth-order valence-corrected chi connectivity index (χ4v) is 2.94. The van der Waals surface area contributed by atoms with Crippen molar-refractivity contribution in [3.63, 3.8) is 0 Å². The van der Waals surface area contributed by atoms with E-state index in [0.29, 0.717) is 12.0 Å². The lowest BCUT2D eigenvalue weighted by atomic mass is 9.91. The zero-order chi connectivity index (χ0) is 13.9. The summed E-state index contributed by atoms with van der Waals surface area (Å²) >= 11 is 0. The third kappa shape index (κ3) is 2.61. The van der Waals surface area contributed by atoms with Crippen LogP contribution in [-0.2, 0) is 13.0 Å². The summed E-state index contributed by atoms with van der Waals surface area (Å²) in [4.78, 5) is 11.0. The topological polar surface area (TPSA) is 34.0 Å². The summed E-state index contributed by atoms with van der Waals surface area (Å²) in [6, 6.07) is 4.84. The van der Waals surface area contributed by atoms with Crippen molar-refractivity contribution >= 4 is 0 Å². The fraction of sp³-hybridized carbons (Fsp3) is 0.500. The zero-order valence-corrected chi connectivity index (χ0v) is 12.2. The number of pyridine rings is 1. The van der Waals surface area contributed by atoms with E-state index >= 15 is 0 Å². The second kappa shape index (κ2) is 5.75. The van der Waals surface area contributed by atoms with Crippen LogP contribution in [0.1, 0.15) is 31.2 Å². The standard InChI is InChI=1S/C16H22N4/c1-3-16-18-8-9-19(16)10-13(2)20-11-15(12-20)14-4-6-17-7-5-14/h4-9,13,15H,3,10-12H2,1-2H3. The molecule has 0 saturated carbocycles. The average molecular weight is 270 g/mol. The normalized spacial score (nSPS) is 17.9. The molecule has 4 nitrogen and oxygen atoms in total. The molecular formula is C16H22N4. The van der Waals surface area contributed by atoms with E-state index in [-0.39, 0.29) is 0 Å². The highest BCUT2D eigenvalue weighted by molar-refractivity contribution is 5.20. The quantitative estimate of drug-likeness (QED) is 0.836. The van der Waals surface area contributed by atoms with Crippen LogP contribution in [0.25, 0.3) is 0 Å². The molecule has 1 unspecified atom stereocenters. The van der Waals surface area contributed by atoms with Gasteiger partial charge in [-0.25, -0.2) is 4.98 Å². The van der Waals surface area contributed by atoms with Gasteiger partial charge in [0.15, 0.2) is 0 Å². The molecule has 1 fully saturated rings. The lowest BCUT2D eigenvalue weighted by molar-refractivity contribution is 0.0901. The molecule has 20 heavy (non-hydrogen) atoms. The van der Waals surface area contributed by atoms with Gasteiger partial charge in [-0.1, -0.05) is 6.92 Å². The number of rotatable bonds is 5. The molecule has 1 aliphatic rings. The summed E-state index contributed by atoms with van der Waals surface area (Å²) in [5.41, 5.74) is 1.42. The van der Waals surface area contributed by atoms with Gasteiger partial charge in [0, 0.05) is 62.8 Å². The first-order valence-corrected chi connectivity index (χ1v) is 7.42. The van der Waals surface area contributed by atoms with Crippen molar-refractivity contribution < 1.29 is 0 Å². The molecule has 1 atom stereocenters. The van der Waals surface area contributed by atoms with Gasteiger partial charge in [0.1, 0.15) is 5.82 Å². The summed E-state index contributed by atoms with van der Waals surface area (Å²) < 4.78 is 2.28. The highest BCUT2D eigenvalue weighted by Gasteiger charge is 2.31. The number of aromatic nitrogens is 3. The van der Waals surface area contributed by atoms with Gasteiger partial charge in [-0.3, -0.25) is 9.88 Å². The largest absolute Gasteiger partial charge is 0.333 e. The summed E-state index contributed by atoms with van der Waals surface area (Å²) in [5, 5.41) is 0. The van der Waals surface area contributed by atoms with Gasteiger partial charge in [0.25, 0.3) is 0 Å². The Morgan fingerprint density at radius 1 is 1.25 bits per heavy atom. The predicted octanol–water partition coefficient (Wildman–Crippen LogP) is 2.33. The number of likely N-dealkylation sites (tertiary alicyclic amines) is 1. The fourth-order valence-electron chi connectivity index (χ4n) is 2.94. The van der Waals surface area contributed by atoms with E-state index in [1.807, 2.05) is 18.6 Å². The second-order valence-electron chi connectivity index (χ2n) is 5.63. The van der Waals surface area contributed by atoms with Crippen LogP contribution in [0.4, 0.5) is 0 Å². The highest BCUT2D eigenvalue weighted by atomic mass is 15.2. The van der Waals surface area contributed by atoms with Crippen molar-refractivity contribution in [2.75, 3.05) is 13.1 Å². The second-order valence-corrected chi connectivity index (χ2v) is 5.63. The summed E-state index contributed by atoms with van der Waals surface area (Å²) in [7, 11) is 0. The van der Waals surface area contributed by atoms with Gasteiger partial charge in [0.05, 0.1) is 0 Å². The SMILES string of the molecule is CCc1nccn1CC(C)N1CC(c2ccncc2)C1. The summed E-state index contributed by atoms with van der Waals surface area (Å²) in [6.45, 7) is 7.81. The van der Waals surface area contributed by atoms with Gasteiger partial charge in [0.2, 0.25) is 0 Å². The van der Waals surface area contributed by atoms with Gasteiger partial charge < -0.3 is 4.57 Å². The van der Waals surface area contributed by atoms with Crippen molar-refractivity contribution in [2.24, 2.45) is 0 Å². The van der Waals surface area contributed by atoms with E-state index in [1.165, 1.54) is 11.4 Å². The first-order chi connectivity index (χ1) is 9.78. The van der Waals surface area contributed by atoms with Crippen LogP contribution in [0.3, 0.4) is 0 Å². The van der Waals surface area contributed by atoms with E-state index in [4.69, 9.17) is 0 Å². The van der Waals surface area contributed by atoms with E-state index in [1.54, 1.807) is 0 Å². The Labute approximate surface area is 120 Å². The molecule has 0 radical (unpaired) electrons. The van der Waals surface area contributed by atoms with E-state index in [2.05, 4.69) is 51.6 Å². The molecule has 106 valence electrons. The van der Waals surface area contributed by atoms with Crippen molar-refractivity contribution in [1.29, 1.82) is 0 Å². The molecule has 1 saturated heterocycles. The van der Waals surface area contributed by atoms with Crippen LogP contribution in [0.15, 0.2) is 36.9 Å². The van der Waals surface area contributed by atoms with Crippen LogP contribution in [0.2, 0.25) is 0 Å². The molecular weight excluding hydrogens is 248 g/mol. The smallest absolute Gasteiger partial charge is 0.108 e. The molecule has 0 amide bonds. The Kier molecular flexibility index (Phi) is 3.83. The van der Waals surface area contributed by atoms with Gasteiger partial charge in [-0.05, 0) is 24.6 Å². The number of hydrogen-bond acceptors (Lipinski definition) is 3. The Balaban J connectivity index is 1.55. The lowest BCUT2D eigenvalue weighted by Gasteiger charge is -2.43. The van der Waals surface area contributed by atoms with Crippen LogP contribution >= 0.6 is 0 Å². The molecule has 0 N–H and O–H groups in total. The minimum absolute atomic E-state index is 0.563. The van der Waals surface area contributed by atoms with E-state index < -0.39 is 0 Å². The molecule has 3 heterocycles. The Morgan fingerprint density at radius 2 is 2.00 bits per heavy atom. The number of aryl methyl sites for hydroxylation is 1. The maximum absolute atomic E-state index is 4.39. The van der Waals surface area contributed by atoms with Crippen LogP contribution < -0.4 is 0 Å². The summed E-state index contributed by atoms with van der Waals surface area (Å²) in [5.74, 6) is 1.86. The highest BCUT2D eigenvalue weighted by Crippen LogP contribution is 2.28. The third-order valence-corrected chi connectivity index (χ3v) is 4.29. The van der Waals surface area contributed by atoms with Crippen molar-refractivity contribution in [3.8, 4) is 0 Å². The van der Waals surface area contributed by atoms with Gasteiger partial charge in [-0.2, -0.15) is 0 Å². The van der Waals surface area contributed by atoms with E-state index in [9.17, 15) is 0 Å². The Hall–Kier alpha value is -1.68. The van der Waals surface area contributed by atoms with Crippen molar-refractivity contribution in [2.45, 2.75) is 38.8 Å². The monoisotopic (exact) mass is 270 g/mol. The Bertz CT molecular complexity index is 543. The molecule has 4 heteroatoms. The van der Waals surface area contributed by atoms with Gasteiger partial charge >= 0.3 is 0 Å². The van der Waals surface area contributed by atoms with Crippen LogP contribution in [-0.4, -0.2) is 38.6 Å². The maximum atomic E-state index is 4.39. The number of hydrogen-bond donors (Lipinski definition) is 0. The lowest BCUT2D eigenvalue weighted by Crippen LogP contribution is -2.51. The molecule has 0 bridgehead atoms. The molecule has 2 aromatic heterocycles. The third-order valence-electron chi connectivity index (χ3n) is 4.29. The average Bonchev–Trinajstić information content (AvgIpc) is 2.85. The molecule has 2 aromatic rings. The van der Waals surface area contributed by atoms with Gasteiger partial charge in [-0.15, -0.1) is 0 Å². The predicted molar refractivity (Wildman–Crippen MR) is 79.6 cm³/mol. The molecule has 3 rings (SSSR count). The zero-order valence-electron chi connectivity index (χ0n) is 12.2. The molecule has 0 spiro atoms. The first kappa shape index (κ1) is 13.3. The summed E-state index contributed by atoms with van der Waals surface area (Å²) in [6.07, 6.45) is 8.77. The minimum atomic E-state index is 0.563. The van der Waals surface area contributed by atoms with E-state index in [0.717, 1.165) is 26.1 Å². The van der Waals surface area contributed by atoms with Crippen LogP contribution in [0, 0.1) is 0 Å².